The summed E-state index contributed by atoms with van der Waals surface area (Å²) in [5.74, 6) is -3.77. The van der Waals surface area contributed by atoms with Crippen molar-refractivity contribution in [2.75, 3.05) is 20.3 Å². The number of carbonyl (C=O) groups is 3. The quantitative estimate of drug-likeness (QED) is 0.353. The number of nitrogens with two attached hydrogens (primary N) is 1. The van der Waals surface area contributed by atoms with E-state index in [2.05, 4.69) is 17.6 Å². The van der Waals surface area contributed by atoms with Gasteiger partial charge in [0, 0.05) is 16.7 Å². The third kappa shape index (κ3) is 5.21. The monoisotopic (exact) mass is 454 g/mol. The summed E-state index contributed by atoms with van der Waals surface area (Å²) >= 11 is 10.4. The van der Waals surface area contributed by atoms with Crippen LogP contribution in [0.15, 0.2) is 40.5 Å². The lowest BCUT2D eigenvalue weighted by Crippen LogP contribution is -2.37. The number of primary amides is 1. The van der Waals surface area contributed by atoms with Gasteiger partial charge >= 0.3 is 11.9 Å². The summed E-state index contributed by atoms with van der Waals surface area (Å²) < 4.78 is 15.5. The van der Waals surface area contributed by atoms with Gasteiger partial charge in [0.25, 0.3) is 5.91 Å². The maximum Gasteiger partial charge on any atom is 0.336 e. The van der Waals surface area contributed by atoms with E-state index >= 15 is 0 Å². The first-order chi connectivity index (χ1) is 14.2. The maximum atomic E-state index is 12.9. The second kappa shape index (κ2) is 10.6. The van der Waals surface area contributed by atoms with Gasteiger partial charge in [-0.2, -0.15) is 0 Å². The zero-order chi connectivity index (χ0) is 22.4. The third-order valence-electron chi connectivity index (χ3n) is 4.53. The van der Waals surface area contributed by atoms with E-state index in [0.717, 1.165) is 0 Å². The van der Waals surface area contributed by atoms with Gasteiger partial charge in [-0.15, -0.1) is 12.6 Å². The molecular formula is C20H23ClN2O6S. The van der Waals surface area contributed by atoms with Crippen LogP contribution in [0.5, 0.6) is 0 Å². The van der Waals surface area contributed by atoms with Crippen LogP contribution in [0.2, 0.25) is 5.02 Å². The molecule has 10 heteroatoms. The average molecular weight is 455 g/mol. The Morgan fingerprint density at radius 1 is 1.30 bits per heavy atom. The Hall–Kier alpha value is -2.36. The summed E-state index contributed by atoms with van der Waals surface area (Å²) in [4.78, 5) is 41.2. The molecular weight excluding hydrogens is 432 g/mol. The highest BCUT2D eigenvalue weighted by atomic mass is 35.5. The lowest BCUT2D eigenvalue weighted by molar-refractivity contribution is -0.144. The molecule has 1 aliphatic rings. The molecule has 0 saturated heterocycles. The number of aliphatic imine (C=N–C) groups is 1. The summed E-state index contributed by atoms with van der Waals surface area (Å²) in [6.45, 7) is 3.15. The number of thiol groups is 1. The molecule has 0 radical (unpaired) electrons. The predicted molar refractivity (Wildman–Crippen MR) is 114 cm³/mol. The first-order valence-electron chi connectivity index (χ1n) is 9.09. The predicted octanol–water partition coefficient (Wildman–Crippen LogP) is 2.26. The van der Waals surface area contributed by atoms with E-state index in [1.807, 2.05) is 0 Å². The van der Waals surface area contributed by atoms with Gasteiger partial charge in [0.2, 0.25) is 0 Å². The molecule has 1 aromatic rings. The Morgan fingerprint density at radius 2 is 1.97 bits per heavy atom. The topological polar surface area (TPSA) is 117 Å². The number of ether oxygens (including phenoxy) is 3. The SMILES string of the molecule is CCOC(=O)C1=C(COC(S)C(N)=O)N=C(C)C(C(=O)OC)C1c1ccccc1Cl. The van der Waals surface area contributed by atoms with Gasteiger partial charge in [0.1, 0.15) is 5.92 Å². The molecule has 1 heterocycles. The van der Waals surface area contributed by atoms with Gasteiger partial charge in [-0.05, 0) is 25.5 Å². The van der Waals surface area contributed by atoms with E-state index in [1.54, 1.807) is 38.1 Å². The van der Waals surface area contributed by atoms with Crippen molar-refractivity contribution in [3.05, 3.63) is 46.1 Å². The van der Waals surface area contributed by atoms with Crippen molar-refractivity contribution in [3.63, 3.8) is 0 Å². The van der Waals surface area contributed by atoms with Crippen molar-refractivity contribution < 1.29 is 28.6 Å². The van der Waals surface area contributed by atoms with Gasteiger partial charge < -0.3 is 19.9 Å². The standard InChI is InChI=1S/C20H23ClN2O6S/c1-4-28-19(26)16-13(9-29-20(30)17(22)24)23-10(2)14(18(25)27-3)15(16)11-7-5-6-8-12(11)21/h5-8,14-15,20,30H,4,9H2,1-3H3,(H2,22,24). The summed E-state index contributed by atoms with van der Waals surface area (Å²) in [5, 5.41) is 0.359. The molecule has 0 aromatic heterocycles. The smallest absolute Gasteiger partial charge is 0.336 e. The van der Waals surface area contributed by atoms with Crippen LogP contribution >= 0.6 is 24.2 Å². The number of hydrogen-bond acceptors (Lipinski definition) is 8. The van der Waals surface area contributed by atoms with Crippen LogP contribution in [0.3, 0.4) is 0 Å². The normalized spacial score (nSPS) is 19.7. The molecule has 1 aliphatic heterocycles. The maximum absolute atomic E-state index is 12.9. The zero-order valence-corrected chi connectivity index (χ0v) is 18.4. The van der Waals surface area contributed by atoms with Gasteiger partial charge in [0.15, 0.2) is 5.44 Å². The molecule has 0 bridgehead atoms. The molecule has 2 rings (SSSR count). The van der Waals surface area contributed by atoms with Crippen LogP contribution < -0.4 is 5.73 Å². The molecule has 30 heavy (non-hydrogen) atoms. The van der Waals surface area contributed by atoms with Crippen LogP contribution in [0.4, 0.5) is 0 Å². The van der Waals surface area contributed by atoms with E-state index < -0.39 is 35.1 Å². The molecule has 0 spiro atoms. The number of benzene rings is 1. The second-order valence-electron chi connectivity index (χ2n) is 6.40. The van der Waals surface area contributed by atoms with Crippen molar-refractivity contribution in [2.45, 2.75) is 25.2 Å². The van der Waals surface area contributed by atoms with Crippen molar-refractivity contribution in [3.8, 4) is 0 Å². The fourth-order valence-electron chi connectivity index (χ4n) is 3.23. The summed E-state index contributed by atoms with van der Waals surface area (Å²) in [5.41, 5.74) is 5.19. The Labute approximate surface area is 184 Å². The average Bonchev–Trinajstić information content (AvgIpc) is 2.71. The van der Waals surface area contributed by atoms with Gasteiger partial charge in [0.05, 0.1) is 31.6 Å². The molecule has 8 nitrogen and oxygen atoms in total. The van der Waals surface area contributed by atoms with Gasteiger partial charge in [-0.1, -0.05) is 29.8 Å². The molecule has 2 N–H and O–H groups in total. The van der Waals surface area contributed by atoms with E-state index in [-0.39, 0.29) is 24.5 Å². The fraction of sp³-hybridized carbons (Fsp3) is 0.400. The minimum atomic E-state index is -1.20. The fourth-order valence-corrected chi connectivity index (χ4v) is 3.56. The van der Waals surface area contributed by atoms with Crippen LogP contribution in [0, 0.1) is 5.92 Å². The number of hydrogen-bond donors (Lipinski definition) is 2. The Morgan fingerprint density at radius 3 is 2.53 bits per heavy atom. The lowest BCUT2D eigenvalue weighted by Gasteiger charge is -2.32. The van der Waals surface area contributed by atoms with Crippen molar-refractivity contribution in [2.24, 2.45) is 16.6 Å². The van der Waals surface area contributed by atoms with Crippen LogP contribution in [-0.4, -0.2) is 49.3 Å². The molecule has 3 unspecified atom stereocenters. The van der Waals surface area contributed by atoms with Crippen molar-refractivity contribution in [1.82, 2.24) is 0 Å². The van der Waals surface area contributed by atoms with Crippen molar-refractivity contribution in [1.29, 1.82) is 0 Å². The highest BCUT2D eigenvalue weighted by Crippen LogP contribution is 2.42. The molecule has 1 amide bonds. The number of methoxy groups -OCH3 is 1. The van der Waals surface area contributed by atoms with Crippen molar-refractivity contribution >= 4 is 47.8 Å². The Balaban J connectivity index is 2.68. The number of nitrogens with zero attached hydrogens (tertiary/aromatic N) is 1. The minimum absolute atomic E-state index is 0.0935. The summed E-state index contributed by atoms with van der Waals surface area (Å²) in [6.07, 6.45) is 0. The van der Waals surface area contributed by atoms with E-state index in [0.29, 0.717) is 16.3 Å². The van der Waals surface area contributed by atoms with Crippen LogP contribution in [0.25, 0.3) is 0 Å². The van der Waals surface area contributed by atoms with Crippen LogP contribution in [0.1, 0.15) is 25.3 Å². The second-order valence-corrected chi connectivity index (χ2v) is 7.28. The first kappa shape index (κ1) is 23.9. The molecule has 0 saturated carbocycles. The lowest BCUT2D eigenvalue weighted by atomic mass is 9.75. The number of halogens is 1. The van der Waals surface area contributed by atoms with E-state index in [9.17, 15) is 14.4 Å². The summed E-state index contributed by atoms with van der Waals surface area (Å²) in [6, 6.07) is 6.84. The number of rotatable bonds is 8. The van der Waals surface area contributed by atoms with Crippen LogP contribution in [-0.2, 0) is 28.6 Å². The van der Waals surface area contributed by atoms with Gasteiger partial charge in [-0.3, -0.25) is 14.6 Å². The number of esters is 2. The third-order valence-corrected chi connectivity index (χ3v) is 5.28. The number of carbonyl (C=O) groups excluding carboxylic acids is 3. The zero-order valence-electron chi connectivity index (χ0n) is 16.8. The minimum Gasteiger partial charge on any atom is -0.468 e. The Bertz CT molecular complexity index is 901. The number of amides is 1. The molecule has 1 aromatic carbocycles. The van der Waals surface area contributed by atoms with Gasteiger partial charge in [-0.25, -0.2) is 4.79 Å². The highest BCUT2D eigenvalue weighted by Gasteiger charge is 2.43. The highest BCUT2D eigenvalue weighted by molar-refractivity contribution is 7.81. The molecule has 162 valence electrons. The molecule has 3 atom stereocenters. The molecule has 0 fully saturated rings. The first-order valence-corrected chi connectivity index (χ1v) is 9.98. The van der Waals surface area contributed by atoms with E-state index in [1.165, 1.54) is 7.11 Å². The largest absolute Gasteiger partial charge is 0.468 e. The Kier molecular flexibility index (Phi) is 8.45. The summed E-state index contributed by atoms with van der Waals surface area (Å²) in [7, 11) is 1.25. The molecule has 0 aliphatic carbocycles. The van der Waals surface area contributed by atoms with E-state index in [4.69, 9.17) is 31.5 Å².